The maximum absolute atomic E-state index is 6.06. The van der Waals surface area contributed by atoms with E-state index in [2.05, 4.69) is 98.8 Å². The first-order valence-corrected chi connectivity index (χ1v) is 13.3. The molecule has 0 saturated carbocycles. The summed E-state index contributed by atoms with van der Waals surface area (Å²) in [6.45, 7) is 5.11. The van der Waals surface area contributed by atoms with Crippen LogP contribution in [0.3, 0.4) is 0 Å². The van der Waals surface area contributed by atoms with Gasteiger partial charge in [0.15, 0.2) is 0 Å². The molecule has 3 aromatic carbocycles. The van der Waals surface area contributed by atoms with Gasteiger partial charge in [-0.2, -0.15) is 0 Å². The van der Waals surface area contributed by atoms with Crippen molar-refractivity contribution in [1.29, 1.82) is 0 Å². The number of hydrogen-bond donors (Lipinski definition) is 0. The Balaban J connectivity index is 1.27. The van der Waals surface area contributed by atoms with Crippen LogP contribution in [0.5, 0.6) is 5.75 Å². The highest BCUT2D eigenvalue weighted by Gasteiger charge is 2.18. The van der Waals surface area contributed by atoms with Crippen molar-refractivity contribution in [3.05, 3.63) is 113 Å². The summed E-state index contributed by atoms with van der Waals surface area (Å²) < 4.78 is 6.06. The minimum atomic E-state index is 0.505. The number of unbranched alkanes of at least 4 members (excludes halogenated alkanes) is 2. The molecule has 1 aliphatic carbocycles. The van der Waals surface area contributed by atoms with E-state index in [0.29, 0.717) is 18.4 Å². The second kappa shape index (κ2) is 12.6. The Kier molecular flexibility index (Phi) is 9.02. The van der Waals surface area contributed by atoms with Gasteiger partial charge in [-0.05, 0) is 72.1 Å². The second-order valence-corrected chi connectivity index (χ2v) is 9.80. The SMILES string of the molecule is CCCCCc1ccc(COc2ccc(C3C=CC(c4ccc(CCC)cc4)CC3)cc2)cc1. The summed E-state index contributed by atoms with van der Waals surface area (Å²) >= 11 is 0. The summed E-state index contributed by atoms with van der Waals surface area (Å²) in [4.78, 5) is 0. The third kappa shape index (κ3) is 6.86. The van der Waals surface area contributed by atoms with E-state index in [1.165, 1.54) is 79.2 Å². The van der Waals surface area contributed by atoms with Gasteiger partial charge in [0.2, 0.25) is 0 Å². The topological polar surface area (TPSA) is 9.23 Å². The zero-order chi connectivity index (χ0) is 23.6. The number of benzene rings is 3. The fraction of sp³-hybridized carbons (Fsp3) is 0.394. The van der Waals surface area contributed by atoms with Gasteiger partial charge >= 0.3 is 0 Å². The van der Waals surface area contributed by atoms with Crippen LogP contribution in [0.1, 0.15) is 92.0 Å². The Hall–Kier alpha value is -2.80. The Bertz CT molecular complexity index is 1010. The predicted molar refractivity (Wildman–Crippen MR) is 145 cm³/mol. The smallest absolute Gasteiger partial charge is 0.119 e. The van der Waals surface area contributed by atoms with Crippen LogP contribution >= 0.6 is 0 Å². The average molecular weight is 453 g/mol. The van der Waals surface area contributed by atoms with Gasteiger partial charge in [-0.1, -0.05) is 106 Å². The molecule has 0 heterocycles. The molecule has 1 aliphatic rings. The van der Waals surface area contributed by atoms with E-state index in [0.717, 1.165) is 5.75 Å². The molecule has 0 aromatic heterocycles. The molecule has 0 N–H and O–H groups in total. The molecule has 0 saturated heterocycles. The molecular formula is C33H40O. The zero-order valence-electron chi connectivity index (χ0n) is 21.0. The maximum Gasteiger partial charge on any atom is 0.119 e. The lowest BCUT2D eigenvalue weighted by atomic mass is 9.81. The third-order valence-electron chi connectivity index (χ3n) is 7.12. The first-order chi connectivity index (χ1) is 16.7. The standard InChI is InChI=1S/C33H40O/c1-3-5-6-8-27-9-11-28(12-10-27)25-34-33-23-21-32(22-24-33)31-19-17-30(18-20-31)29-15-13-26(7-4-2)14-16-29/h9-17,19,21-24,30-31H,3-8,18,20,25H2,1-2H3. The van der Waals surface area contributed by atoms with E-state index in [-0.39, 0.29) is 0 Å². The Morgan fingerprint density at radius 2 is 1.12 bits per heavy atom. The van der Waals surface area contributed by atoms with E-state index in [1.807, 2.05) is 0 Å². The van der Waals surface area contributed by atoms with Gasteiger partial charge in [0.1, 0.15) is 12.4 Å². The highest BCUT2D eigenvalue weighted by atomic mass is 16.5. The summed E-state index contributed by atoms with van der Waals surface area (Å²) in [7, 11) is 0. The van der Waals surface area contributed by atoms with Gasteiger partial charge in [-0.3, -0.25) is 0 Å². The van der Waals surface area contributed by atoms with Crippen LogP contribution < -0.4 is 4.74 Å². The summed E-state index contributed by atoms with van der Waals surface area (Å²) in [5, 5.41) is 0. The van der Waals surface area contributed by atoms with Crippen LogP contribution in [0.15, 0.2) is 84.9 Å². The van der Waals surface area contributed by atoms with Crippen molar-refractivity contribution in [3.8, 4) is 5.75 Å². The van der Waals surface area contributed by atoms with Gasteiger partial charge in [0.05, 0.1) is 0 Å². The van der Waals surface area contributed by atoms with Crippen LogP contribution in [0.4, 0.5) is 0 Å². The minimum Gasteiger partial charge on any atom is -0.489 e. The highest BCUT2D eigenvalue weighted by Crippen LogP contribution is 2.36. The summed E-state index contributed by atoms with van der Waals surface area (Å²) in [5.74, 6) is 2.00. The van der Waals surface area contributed by atoms with Crippen molar-refractivity contribution < 1.29 is 4.74 Å². The van der Waals surface area contributed by atoms with Crippen LogP contribution in [0.25, 0.3) is 0 Å². The molecule has 178 valence electrons. The quantitative estimate of drug-likeness (QED) is 0.208. The van der Waals surface area contributed by atoms with Gasteiger partial charge < -0.3 is 4.74 Å². The number of allylic oxidation sites excluding steroid dienone is 2. The molecule has 1 nitrogen and oxygen atoms in total. The van der Waals surface area contributed by atoms with Crippen molar-refractivity contribution in [2.24, 2.45) is 0 Å². The normalized spacial score (nSPS) is 17.6. The van der Waals surface area contributed by atoms with Gasteiger partial charge in [-0.15, -0.1) is 0 Å². The van der Waals surface area contributed by atoms with Crippen molar-refractivity contribution in [2.45, 2.75) is 83.7 Å². The van der Waals surface area contributed by atoms with Gasteiger partial charge in [0.25, 0.3) is 0 Å². The maximum atomic E-state index is 6.06. The van der Waals surface area contributed by atoms with Crippen LogP contribution in [-0.2, 0) is 19.4 Å². The molecule has 0 bridgehead atoms. The average Bonchev–Trinajstić information content (AvgIpc) is 2.89. The van der Waals surface area contributed by atoms with E-state index >= 15 is 0 Å². The first-order valence-electron chi connectivity index (χ1n) is 13.3. The lowest BCUT2D eigenvalue weighted by Crippen LogP contribution is -2.07. The minimum absolute atomic E-state index is 0.505. The fourth-order valence-electron chi connectivity index (χ4n) is 4.95. The number of hydrogen-bond acceptors (Lipinski definition) is 1. The number of aryl methyl sites for hydroxylation is 2. The lowest BCUT2D eigenvalue weighted by Gasteiger charge is -2.24. The summed E-state index contributed by atoms with van der Waals surface area (Å²) in [6.07, 6.45) is 14.7. The molecule has 0 amide bonds. The lowest BCUT2D eigenvalue weighted by molar-refractivity contribution is 0.306. The van der Waals surface area contributed by atoms with E-state index in [1.54, 1.807) is 0 Å². The summed E-state index contributed by atoms with van der Waals surface area (Å²) in [5.41, 5.74) is 6.94. The van der Waals surface area contributed by atoms with Gasteiger partial charge in [-0.25, -0.2) is 0 Å². The molecule has 0 fully saturated rings. The Morgan fingerprint density at radius 3 is 1.68 bits per heavy atom. The first kappa shape index (κ1) is 24.3. The molecule has 34 heavy (non-hydrogen) atoms. The molecule has 0 aliphatic heterocycles. The molecule has 0 radical (unpaired) electrons. The Labute approximate surface area is 206 Å². The van der Waals surface area contributed by atoms with Crippen molar-refractivity contribution >= 4 is 0 Å². The van der Waals surface area contributed by atoms with Crippen LogP contribution in [-0.4, -0.2) is 0 Å². The molecule has 2 atom stereocenters. The number of rotatable bonds is 11. The van der Waals surface area contributed by atoms with Crippen LogP contribution in [0.2, 0.25) is 0 Å². The van der Waals surface area contributed by atoms with Crippen molar-refractivity contribution in [3.63, 3.8) is 0 Å². The fourth-order valence-corrected chi connectivity index (χ4v) is 4.95. The van der Waals surface area contributed by atoms with Crippen molar-refractivity contribution in [2.75, 3.05) is 0 Å². The third-order valence-corrected chi connectivity index (χ3v) is 7.12. The number of ether oxygens (including phenoxy) is 1. The molecule has 4 rings (SSSR count). The summed E-state index contributed by atoms with van der Waals surface area (Å²) in [6, 6.07) is 26.9. The molecule has 1 heteroatoms. The molecule has 2 unspecified atom stereocenters. The van der Waals surface area contributed by atoms with Gasteiger partial charge in [0, 0.05) is 11.8 Å². The molecular weight excluding hydrogens is 412 g/mol. The van der Waals surface area contributed by atoms with Crippen LogP contribution in [0, 0.1) is 0 Å². The van der Waals surface area contributed by atoms with E-state index in [9.17, 15) is 0 Å². The predicted octanol–water partition coefficient (Wildman–Crippen LogP) is 9.17. The van der Waals surface area contributed by atoms with E-state index in [4.69, 9.17) is 4.74 Å². The van der Waals surface area contributed by atoms with Crippen molar-refractivity contribution in [1.82, 2.24) is 0 Å². The monoisotopic (exact) mass is 452 g/mol. The molecule has 3 aromatic rings. The second-order valence-electron chi connectivity index (χ2n) is 9.80. The van der Waals surface area contributed by atoms with E-state index < -0.39 is 0 Å². The Morgan fingerprint density at radius 1 is 0.588 bits per heavy atom. The zero-order valence-corrected chi connectivity index (χ0v) is 21.0. The highest BCUT2D eigenvalue weighted by molar-refractivity contribution is 5.35. The molecule has 0 spiro atoms. The largest absolute Gasteiger partial charge is 0.489 e.